The fourth-order valence-corrected chi connectivity index (χ4v) is 1.99. The van der Waals surface area contributed by atoms with Gasteiger partial charge in [-0.2, -0.15) is 0 Å². The van der Waals surface area contributed by atoms with E-state index in [1.54, 1.807) is 6.92 Å². The van der Waals surface area contributed by atoms with Gasteiger partial charge in [0, 0.05) is 26.1 Å². The number of esters is 1. The van der Waals surface area contributed by atoms with Gasteiger partial charge in [0.2, 0.25) is 0 Å². The highest BCUT2D eigenvalue weighted by atomic mass is 16.6. The zero-order valence-electron chi connectivity index (χ0n) is 16.4. The maximum absolute atomic E-state index is 11.5. The minimum absolute atomic E-state index is 0.155. The van der Waals surface area contributed by atoms with Crippen LogP contribution < -0.4 is 0 Å². The van der Waals surface area contributed by atoms with Gasteiger partial charge < -0.3 is 23.7 Å². The lowest BCUT2D eigenvalue weighted by Gasteiger charge is -2.19. The number of unbranched alkanes of at least 4 members (excludes halogenated alkanes) is 2. The summed E-state index contributed by atoms with van der Waals surface area (Å²) in [7, 11) is 0. The van der Waals surface area contributed by atoms with Gasteiger partial charge in [-0.1, -0.05) is 0 Å². The van der Waals surface area contributed by atoms with Crippen molar-refractivity contribution in [2.45, 2.75) is 71.8 Å². The van der Waals surface area contributed by atoms with Crippen molar-refractivity contribution < 1.29 is 28.5 Å². The molecule has 25 heavy (non-hydrogen) atoms. The molecule has 0 N–H and O–H groups in total. The van der Waals surface area contributed by atoms with Gasteiger partial charge in [0.05, 0.1) is 26.4 Å². The number of hydrogen-bond donors (Lipinski definition) is 0. The Kier molecular flexibility index (Phi) is 14.7. The second kappa shape index (κ2) is 15.3. The molecule has 0 spiro atoms. The van der Waals surface area contributed by atoms with E-state index in [0.717, 1.165) is 25.7 Å². The van der Waals surface area contributed by atoms with E-state index >= 15 is 0 Å². The van der Waals surface area contributed by atoms with E-state index in [9.17, 15) is 9.59 Å². The first-order chi connectivity index (χ1) is 11.8. The lowest BCUT2D eigenvalue weighted by molar-refractivity contribution is -0.155. The van der Waals surface area contributed by atoms with Crippen molar-refractivity contribution in [3.05, 3.63) is 0 Å². The van der Waals surface area contributed by atoms with Crippen molar-refractivity contribution >= 4 is 11.8 Å². The highest BCUT2D eigenvalue weighted by molar-refractivity contribution is 5.75. The second-order valence-electron chi connectivity index (χ2n) is 7.04. The number of ether oxygens (including phenoxy) is 4. The van der Waals surface area contributed by atoms with Crippen LogP contribution in [0, 0.1) is 0 Å². The summed E-state index contributed by atoms with van der Waals surface area (Å²) in [6.07, 6.45) is 4.47. The van der Waals surface area contributed by atoms with Crippen molar-refractivity contribution in [2.75, 3.05) is 39.6 Å². The molecular formula is C19H36O6. The smallest absolute Gasteiger partial charge is 0.306 e. The summed E-state index contributed by atoms with van der Waals surface area (Å²) in [6.45, 7) is 10.7. The van der Waals surface area contributed by atoms with Crippen molar-refractivity contribution in [1.29, 1.82) is 0 Å². The van der Waals surface area contributed by atoms with Crippen LogP contribution in [-0.2, 0) is 28.5 Å². The lowest BCUT2D eigenvalue weighted by atomic mass is 10.2. The molecule has 0 rings (SSSR count). The molecular weight excluding hydrogens is 324 g/mol. The largest absolute Gasteiger partial charge is 0.460 e. The third-order valence-corrected chi connectivity index (χ3v) is 3.15. The summed E-state index contributed by atoms with van der Waals surface area (Å²) in [5.41, 5.74) is -0.414. The Morgan fingerprint density at radius 3 is 1.56 bits per heavy atom. The molecule has 0 atom stereocenters. The number of Topliss-reactive ketones (excluding diaryl/α,β-unsaturated/α-hetero) is 1. The van der Waals surface area contributed by atoms with Gasteiger partial charge in [-0.05, 0) is 53.4 Å². The monoisotopic (exact) mass is 360 g/mol. The molecule has 0 heterocycles. The van der Waals surface area contributed by atoms with E-state index in [4.69, 9.17) is 18.9 Å². The Morgan fingerprint density at radius 2 is 1.12 bits per heavy atom. The third kappa shape index (κ3) is 21.0. The topological polar surface area (TPSA) is 71.1 Å². The molecule has 148 valence electrons. The minimum atomic E-state index is -0.414. The summed E-state index contributed by atoms with van der Waals surface area (Å²) in [5, 5.41) is 0. The third-order valence-electron chi connectivity index (χ3n) is 3.15. The van der Waals surface area contributed by atoms with Crippen LogP contribution >= 0.6 is 0 Å². The minimum Gasteiger partial charge on any atom is -0.460 e. The highest BCUT2D eigenvalue weighted by Crippen LogP contribution is 2.09. The first kappa shape index (κ1) is 24.0. The molecule has 0 aromatic rings. The van der Waals surface area contributed by atoms with Crippen LogP contribution in [0.2, 0.25) is 0 Å². The molecule has 0 radical (unpaired) electrons. The van der Waals surface area contributed by atoms with Crippen molar-refractivity contribution in [3.8, 4) is 0 Å². The summed E-state index contributed by atoms with van der Waals surface area (Å²) >= 11 is 0. The number of rotatable bonds is 16. The molecule has 0 aromatic heterocycles. The number of hydrogen-bond acceptors (Lipinski definition) is 6. The molecule has 0 fully saturated rings. The summed E-state index contributed by atoms with van der Waals surface area (Å²) < 4.78 is 21.5. The van der Waals surface area contributed by atoms with E-state index in [0.29, 0.717) is 52.5 Å². The zero-order chi connectivity index (χ0) is 19.0. The Labute approximate surface area is 152 Å². The van der Waals surface area contributed by atoms with Gasteiger partial charge in [-0.25, -0.2) is 0 Å². The molecule has 0 aliphatic carbocycles. The molecule has 6 heteroatoms. The average Bonchev–Trinajstić information content (AvgIpc) is 2.49. The average molecular weight is 360 g/mol. The zero-order valence-corrected chi connectivity index (χ0v) is 16.4. The Balaban J connectivity index is 3.17. The van der Waals surface area contributed by atoms with Gasteiger partial charge in [-0.3, -0.25) is 4.79 Å². The lowest BCUT2D eigenvalue weighted by Crippen LogP contribution is -2.23. The normalized spacial score (nSPS) is 11.5. The van der Waals surface area contributed by atoms with Crippen molar-refractivity contribution in [3.63, 3.8) is 0 Å². The SMILES string of the molecule is CC(=O)CCCCOCCOCCOCCCCC(=O)OC(C)(C)C. The fourth-order valence-electron chi connectivity index (χ4n) is 1.99. The first-order valence-electron chi connectivity index (χ1n) is 9.26. The van der Waals surface area contributed by atoms with Crippen LogP contribution in [0.15, 0.2) is 0 Å². The Hall–Kier alpha value is -0.980. The summed E-state index contributed by atoms with van der Waals surface area (Å²) in [5.74, 6) is 0.0744. The van der Waals surface area contributed by atoms with Crippen LogP contribution in [0.5, 0.6) is 0 Å². The van der Waals surface area contributed by atoms with Gasteiger partial charge in [0.1, 0.15) is 11.4 Å². The van der Waals surface area contributed by atoms with Crippen molar-refractivity contribution in [1.82, 2.24) is 0 Å². The maximum Gasteiger partial charge on any atom is 0.306 e. The van der Waals surface area contributed by atoms with Gasteiger partial charge in [-0.15, -0.1) is 0 Å². The van der Waals surface area contributed by atoms with Gasteiger partial charge in [0.15, 0.2) is 0 Å². The van der Waals surface area contributed by atoms with Gasteiger partial charge in [0.25, 0.3) is 0 Å². The highest BCUT2D eigenvalue weighted by Gasteiger charge is 2.15. The van der Waals surface area contributed by atoms with E-state index in [1.807, 2.05) is 20.8 Å². The van der Waals surface area contributed by atoms with Crippen LogP contribution in [0.3, 0.4) is 0 Å². The van der Waals surface area contributed by atoms with Crippen molar-refractivity contribution in [2.24, 2.45) is 0 Å². The predicted octanol–water partition coefficient (Wildman–Crippen LogP) is 3.31. The predicted molar refractivity (Wildman–Crippen MR) is 96.7 cm³/mol. The second-order valence-corrected chi connectivity index (χ2v) is 7.04. The molecule has 0 saturated heterocycles. The molecule has 0 saturated carbocycles. The van der Waals surface area contributed by atoms with Crippen LogP contribution in [-0.4, -0.2) is 57.0 Å². The molecule has 6 nitrogen and oxygen atoms in total. The molecule has 0 bridgehead atoms. The van der Waals surface area contributed by atoms with Gasteiger partial charge >= 0.3 is 5.97 Å². The summed E-state index contributed by atoms with van der Waals surface area (Å²) in [4.78, 5) is 22.2. The van der Waals surface area contributed by atoms with E-state index in [-0.39, 0.29) is 11.8 Å². The number of carbonyl (C=O) groups excluding carboxylic acids is 2. The Bertz CT molecular complexity index is 348. The fraction of sp³-hybridized carbons (Fsp3) is 0.895. The standard InChI is InChI=1S/C19H36O6/c1-17(20)9-5-7-11-22-13-15-24-16-14-23-12-8-6-10-18(21)25-19(2,3)4/h5-16H2,1-4H3. The number of carbonyl (C=O) groups is 2. The summed E-state index contributed by atoms with van der Waals surface area (Å²) in [6, 6.07) is 0. The molecule has 0 aliphatic heterocycles. The van der Waals surface area contributed by atoms with E-state index in [2.05, 4.69) is 0 Å². The number of ketones is 1. The Morgan fingerprint density at radius 1 is 0.680 bits per heavy atom. The molecule has 0 unspecified atom stereocenters. The van der Waals surface area contributed by atoms with Crippen LogP contribution in [0.25, 0.3) is 0 Å². The van der Waals surface area contributed by atoms with Crippen LogP contribution in [0.4, 0.5) is 0 Å². The molecule has 0 amide bonds. The first-order valence-corrected chi connectivity index (χ1v) is 9.26. The molecule has 0 aromatic carbocycles. The quantitative estimate of drug-likeness (QED) is 0.311. The van der Waals surface area contributed by atoms with E-state index in [1.165, 1.54) is 0 Å². The van der Waals surface area contributed by atoms with E-state index < -0.39 is 5.60 Å². The van der Waals surface area contributed by atoms with Crippen LogP contribution in [0.1, 0.15) is 66.2 Å². The maximum atomic E-state index is 11.5. The molecule has 0 aliphatic rings.